The number of carbonyl (C=O) groups excluding carboxylic acids is 2. The maximum Gasteiger partial charge on any atom is 0.355 e. The third-order valence-electron chi connectivity index (χ3n) is 4.22. The van der Waals surface area contributed by atoms with Crippen molar-refractivity contribution in [1.29, 1.82) is 0 Å². The molecule has 0 saturated heterocycles. The molecule has 1 aliphatic heterocycles. The van der Waals surface area contributed by atoms with Crippen molar-refractivity contribution in [3.8, 4) is 11.3 Å². The number of pyridine rings is 1. The molecule has 0 unspecified atom stereocenters. The molecule has 0 amide bonds. The van der Waals surface area contributed by atoms with Gasteiger partial charge in [0.2, 0.25) is 0 Å². The number of hydrogen-bond acceptors (Lipinski definition) is 7. The minimum absolute atomic E-state index is 0.0149. The van der Waals surface area contributed by atoms with E-state index < -0.39 is 11.9 Å². The molecule has 7 heteroatoms. The molecule has 0 radical (unpaired) electrons. The molecule has 1 aromatic heterocycles. The molecule has 0 fully saturated rings. The van der Waals surface area contributed by atoms with Crippen LogP contribution >= 0.6 is 0 Å². The van der Waals surface area contributed by atoms with E-state index in [1.165, 1.54) is 14.2 Å². The quantitative estimate of drug-likeness (QED) is 0.767. The first-order valence-corrected chi connectivity index (χ1v) is 8.33. The molecule has 0 saturated carbocycles. The average Bonchev–Trinajstić information content (AvgIpc) is 2.72. The Morgan fingerprint density at radius 2 is 1.74 bits per heavy atom. The standard InChI is InChI=1S/C20H20N2O5/c1-13-4-9-17(21-10-13)14-5-7-15(8-6-14)22-12-27-11-16(19(23)25-2)18(22)20(24)26-3/h4-10H,11-12H2,1-3H3. The summed E-state index contributed by atoms with van der Waals surface area (Å²) in [5, 5.41) is 0. The van der Waals surface area contributed by atoms with Gasteiger partial charge in [-0.05, 0) is 30.7 Å². The highest BCUT2D eigenvalue weighted by molar-refractivity contribution is 6.03. The van der Waals surface area contributed by atoms with E-state index in [1.807, 2.05) is 49.5 Å². The van der Waals surface area contributed by atoms with Crippen molar-refractivity contribution in [2.45, 2.75) is 6.92 Å². The number of nitrogens with zero attached hydrogens (tertiary/aromatic N) is 2. The average molecular weight is 368 g/mol. The first-order chi connectivity index (χ1) is 13.0. The van der Waals surface area contributed by atoms with Crippen LogP contribution in [0.15, 0.2) is 53.9 Å². The highest BCUT2D eigenvalue weighted by Gasteiger charge is 2.32. The Hall–Kier alpha value is -3.19. The molecule has 1 aromatic carbocycles. The van der Waals surface area contributed by atoms with Crippen LogP contribution in [-0.2, 0) is 23.8 Å². The van der Waals surface area contributed by atoms with Crippen molar-refractivity contribution >= 4 is 17.6 Å². The number of esters is 2. The molecule has 7 nitrogen and oxygen atoms in total. The zero-order valence-electron chi connectivity index (χ0n) is 15.4. The molecular weight excluding hydrogens is 348 g/mol. The van der Waals surface area contributed by atoms with Gasteiger partial charge < -0.3 is 19.1 Å². The van der Waals surface area contributed by atoms with Crippen LogP contribution in [0, 0.1) is 6.92 Å². The van der Waals surface area contributed by atoms with Crippen molar-refractivity contribution in [1.82, 2.24) is 4.98 Å². The van der Waals surface area contributed by atoms with Crippen LogP contribution in [0.4, 0.5) is 5.69 Å². The lowest BCUT2D eigenvalue weighted by Crippen LogP contribution is -2.38. The topological polar surface area (TPSA) is 78.0 Å². The van der Waals surface area contributed by atoms with Crippen molar-refractivity contribution < 1.29 is 23.8 Å². The first-order valence-electron chi connectivity index (χ1n) is 8.33. The fourth-order valence-electron chi connectivity index (χ4n) is 2.80. The van der Waals surface area contributed by atoms with Gasteiger partial charge in [0.05, 0.1) is 32.1 Å². The highest BCUT2D eigenvalue weighted by atomic mass is 16.5. The molecule has 0 bridgehead atoms. The predicted octanol–water partition coefficient (Wildman–Crippen LogP) is 2.45. The fourth-order valence-corrected chi connectivity index (χ4v) is 2.80. The lowest BCUT2D eigenvalue weighted by atomic mass is 10.1. The van der Waals surface area contributed by atoms with Gasteiger partial charge in [-0.1, -0.05) is 18.2 Å². The second-order valence-corrected chi connectivity index (χ2v) is 5.98. The molecule has 0 N–H and O–H groups in total. The SMILES string of the molecule is COC(=O)C1=C(C(=O)OC)N(c2ccc(-c3ccc(C)cn3)cc2)COC1. The van der Waals surface area contributed by atoms with Gasteiger partial charge in [0.25, 0.3) is 0 Å². The van der Waals surface area contributed by atoms with E-state index in [-0.39, 0.29) is 24.6 Å². The summed E-state index contributed by atoms with van der Waals surface area (Å²) in [6.07, 6.45) is 1.81. The fraction of sp³-hybridized carbons (Fsp3) is 0.250. The maximum atomic E-state index is 12.3. The van der Waals surface area contributed by atoms with E-state index in [2.05, 4.69) is 4.98 Å². The van der Waals surface area contributed by atoms with Gasteiger partial charge in [0.1, 0.15) is 12.4 Å². The van der Waals surface area contributed by atoms with Crippen LogP contribution in [0.1, 0.15) is 5.56 Å². The highest BCUT2D eigenvalue weighted by Crippen LogP contribution is 2.28. The van der Waals surface area contributed by atoms with E-state index in [9.17, 15) is 9.59 Å². The number of aromatic nitrogens is 1. The second-order valence-electron chi connectivity index (χ2n) is 5.98. The molecule has 2 aromatic rings. The molecule has 0 aliphatic carbocycles. The van der Waals surface area contributed by atoms with Crippen LogP contribution in [0.2, 0.25) is 0 Å². The number of anilines is 1. The Morgan fingerprint density at radius 1 is 1.04 bits per heavy atom. The Bertz CT molecular complexity index is 872. The Kier molecular flexibility index (Phi) is 5.52. The maximum absolute atomic E-state index is 12.3. The zero-order chi connectivity index (χ0) is 19.4. The summed E-state index contributed by atoms with van der Waals surface area (Å²) in [6.45, 7) is 2.09. The number of aryl methyl sites for hydroxylation is 1. The monoisotopic (exact) mass is 368 g/mol. The van der Waals surface area contributed by atoms with Crippen molar-refractivity contribution in [3.63, 3.8) is 0 Å². The minimum atomic E-state index is -0.624. The lowest BCUT2D eigenvalue weighted by molar-refractivity contribution is -0.140. The van der Waals surface area contributed by atoms with Gasteiger partial charge in [-0.3, -0.25) is 4.98 Å². The van der Waals surface area contributed by atoms with Crippen LogP contribution in [-0.4, -0.2) is 44.5 Å². The van der Waals surface area contributed by atoms with E-state index in [0.717, 1.165) is 16.8 Å². The summed E-state index contributed by atoms with van der Waals surface area (Å²) in [6, 6.07) is 11.4. The van der Waals surface area contributed by atoms with Gasteiger partial charge >= 0.3 is 11.9 Å². The Labute approximate surface area is 157 Å². The zero-order valence-corrected chi connectivity index (χ0v) is 15.4. The smallest absolute Gasteiger partial charge is 0.355 e. The summed E-state index contributed by atoms with van der Waals surface area (Å²) in [7, 11) is 2.52. The summed E-state index contributed by atoms with van der Waals surface area (Å²) >= 11 is 0. The Balaban J connectivity index is 1.97. The summed E-state index contributed by atoms with van der Waals surface area (Å²) in [4.78, 5) is 30.3. The molecule has 140 valence electrons. The van der Waals surface area contributed by atoms with E-state index >= 15 is 0 Å². The molecular formula is C20H20N2O5. The number of carbonyl (C=O) groups is 2. The minimum Gasteiger partial charge on any atom is -0.466 e. The van der Waals surface area contributed by atoms with E-state index in [0.29, 0.717) is 5.69 Å². The number of ether oxygens (including phenoxy) is 3. The van der Waals surface area contributed by atoms with Crippen LogP contribution in [0.25, 0.3) is 11.3 Å². The second kappa shape index (κ2) is 8.01. The molecule has 27 heavy (non-hydrogen) atoms. The molecule has 2 heterocycles. The van der Waals surface area contributed by atoms with Gasteiger partial charge in [-0.2, -0.15) is 0 Å². The summed E-state index contributed by atoms with van der Waals surface area (Å²) in [5.74, 6) is -1.25. The lowest BCUT2D eigenvalue weighted by Gasteiger charge is -2.31. The number of methoxy groups -OCH3 is 2. The van der Waals surface area contributed by atoms with Crippen LogP contribution in [0.5, 0.6) is 0 Å². The number of benzene rings is 1. The third kappa shape index (κ3) is 3.83. The normalized spacial score (nSPS) is 14.1. The number of rotatable bonds is 4. The molecule has 1 aliphatic rings. The van der Waals surface area contributed by atoms with Gasteiger partial charge in [0, 0.05) is 17.4 Å². The predicted molar refractivity (Wildman–Crippen MR) is 98.8 cm³/mol. The van der Waals surface area contributed by atoms with Crippen LogP contribution < -0.4 is 4.90 Å². The Morgan fingerprint density at radius 3 is 2.33 bits per heavy atom. The van der Waals surface area contributed by atoms with E-state index in [4.69, 9.17) is 14.2 Å². The van der Waals surface area contributed by atoms with Crippen molar-refractivity contribution in [2.75, 3.05) is 32.5 Å². The molecule has 3 rings (SSSR count). The molecule has 0 atom stereocenters. The van der Waals surface area contributed by atoms with E-state index in [1.54, 1.807) is 4.90 Å². The van der Waals surface area contributed by atoms with Crippen LogP contribution in [0.3, 0.4) is 0 Å². The summed E-state index contributed by atoms with van der Waals surface area (Å²) in [5.41, 5.74) is 3.81. The molecule has 0 spiro atoms. The third-order valence-corrected chi connectivity index (χ3v) is 4.22. The summed E-state index contributed by atoms with van der Waals surface area (Å²) < 4.78 is 15.1. The number of hydrogen-bond donors (Lipinski definition) is 0. The first kappa shape index (κ1) is 18.6. The van der Waals surface area contributed by atoms with Gasteiger partial charge in [-0.15, -0.1) is 0 Å². The van der Waals surface area contributed by atoms with Crippen molar-refractivity contribution in [2.24, 2.45) is 0 Å². The van der Waals surface area contributed by atoms with Gasteiger partial charge in [-0.25, -0.2) is 9.59 Å². The van der Waals surface area contributed by atoms with Crippen molar-refractivity contribution in [3.05, 3.63) is 59.4 Å². The van der Waals surface area contributed by atoms with Gasteiger partial charge in [0.15, 0.2) is 0 Å². The largest absolute Gasteiger partial charge is 0.466 e.